The summed E-state index contributed by atoms with van der Waals surface area (Å²) >= 11 is 0. The Kier molecular flexibility index (Phi) is 24.6. The summed E-state index contributed by atoms with van der Waals surface area (Å²) in [5.74, 6) is -1.85. The van der Waals surface area contributed by atoms with Crippen LogP contribution in [0.15, 0.2) is 0 Å². The van der Waals surface area contributed by atoms with Crippen LogP contribution in [0.1, 0.15) is 78.1 Å². The van der Waals surface area contributed by atoms with Crippen LogP contribution < -0.4 is 10.2 Å². The maximum absolute atomic E-state index is 9.85. The van der Waals surface area contributed by atoms with E-state index in [1.165, 1.54) is 0 Å². The number of hydrogen-bond donors (Lipinski definition) is 0. The zero-order chi connectivity index (χ0) is 14.2. The molecule has 0 radical (unpaired) electrons. The van der Waals surface area contributed by atoms with Gasteiger partial charge in [-0.2, -0.15) is 0 Å². The van der Waals surface area contributed by atoms with E-state index in [9.17, 15) is 19.8 Å². The summed E-state index contributed by atoms with van der Waals surface area (Å²) in [5.41, 5.74) is 0. The molecule has 0 rings (SSSR count). The number of rotatable bonds is 10. The van der Waals surface area contributed by atoms with E-state index in [0.29, 0.717) is 0 Å². The van der Waals surface area contributed by atoms with Gasteiger partial charge in [0.05, 0.1) is 0 Å². The van der Waals surface area contributed by atoms with Gasteiger partial charge >= 0.3 is 17.4 Å². The van der Waals surface area contributed by atoms with E-state index in [1.807, 2.05) is 0 Å². The summed E-state index contributed by atoms with van der Waals surface area (Å²) in [6, 6.07) is 0. The average molecular weight is 310 g/mol. The first kappa shape index (κ1) is 23.6. The number of carbonyl (C=O) groups is 2. The largest absolute Gasteiger partial charge is 2.00 e. The van der Waals surface area contributed by atoms with Gasteiger partial charge in [0.25, 0.3) is 0 Å². The maximum Gasteiger partial charge on any atom is 2.00 e. The average Bonchev–Trinajstić information content (AvgIpc) is 2.31. The van der Waals surface area contributed by atoms with Crippen molar-refractivity contribution in [3.05, 3.63) is 0 Å². The second kappa shape index (κ2) is 19.8. The normalized spacial score (nSPS) is 8.95. The van der Waals surface area contributed by atoms with Gasteiger partial charge in [0.15, 0.2) is 0 Å². The summed E-state index contributed by atoms with van der Waals surface area (Å²) in [6.07, 6.45) is 8.59. The quantitative estimate of drug-likeness (QED) is 0.571. The summed E-state index contributed by atoms with van der Waals surface area (Å²) in [7, 11) is 0. The molecule has 0 N–H and O–H groups in total. The van der Waals surface area contributed by atoms with Gasteiger partial charge in [0.2, 0.25) is 0 Å². The van der Waals surface area contributed by atoms with Crippen LogP contribution in [0.2, 0.25) is 0 Å². The standard InChI is InChI=1S/2C7H14O2.Cr/c2*1-2-3-4-5-6-7(8)9;/h2*2-6H2,1H3,(H,8,9);/q;;+2/p-2. The van der Waals surface area contributed by atoms with Crippen molar-refractivity contribution in [2.45, 2.75) is 78.1 Å². The van der Waals surface area contributed by atoms with E-state index < -0.39 is 11.9 Å². The molecule has 0 aliphatic carbocycles. The molecule has 0 bridgehead atoms. The first-order valence-corrected chi connectivity index (χ1v) is 6.94. The van der Waals surface area contributed by atoms with E-state index in [4.69, 9.17) is 0 Å². The first-order valence-electron chi connectivity index (χ1n) is 6.94. The molecule has 0 fully saturated rings. The van der Waals surface area contributed by atoms with Crippen molar-refractivity contribution in [3.8, 4) is 0 Å². The number of aliphatic carboxylic acids is 2. The summed E-state index contributed by atoms with van der Waals surface area (Å²) < 4.78 is 0. The molecule has 0 amide bonds. The number of carbonyl (C=O) groups excluding carboxylic acids is 2. The monoisotopic (exact) mass is 310 g/mol. The van der Waals surface area contributed by atoms with Crippen molar-refractivity contribution in [1.29, 1.82) is 0 Å². The van der Waals surface area contributed by atoms with E-state index in [2.05, 4.69) is 13.8 Å². The van der Waals surface area contributed by atoms with Crippen LogP contribution >= 0.6 is 0 Å². The third kappa shape index (κ3) is 31.8. The van der Waals surface area contributed by atoms with Gasteiger partial charge < -0.3 is 19.8 Å². The van der Waals surface area contributed by atoms with E-state index in [1.54, 1.807) is 0 Å². The molecule has 0 atom stereocenters. The van der Waals surface area contributed by atoms with Gasteiger partial charge in [0.1, 0.15) is 0 Å². The predicted octanol–water partition coefficient (Wildman–Crippen LogP) is 1.41. The third-order valence-corrected chi connectivity index (χ3v) is 2.47. The van der Waals surface area contributed by atoms with E-state index in [-0.39, 0.29) is 30.2 Å². The zero-order valence-corrected chi connectivity index (χ0v) is 13.4. The Morgan fingerprint density at radius 1 is 0.684 bits per heavy atom. The minimum absolute atomic E-state index is 0. The van der Waals surface area contributed by atoms with Crippen molar-refractivity contribution < 1.29 is 37.2 Å². The number of carboxylic acid groups (broad SMARTS) is 2. The maximum atomic E-state index is 9.85. The Morgan fingerprint density at radius 3 is 1.21 bits per heavy atom. The van der Waals surface area contributed by atoms with Crippen LogP contribution in [0, 0.1) is 0 Å². The van der Waals surface area contributed by atoms with E-state index >= 15 is 0 Å². The van der Waals surface area contributed by atoms with Crippen LogP contribution in [0.3, 0.4) is 0 Å². The molecule has 0 aliphatic heterocycles. The molecule has 0 saturated carbocycles. The van der Waals surface area contributed by atoms with Gasteiger partial charge in [-0.25, -0.2) is 0 Å². The Balaban J connectivity index is -0.000000256. The number of unbranched alkanes of at least 4 members (excludes halogenated alkanes) is 6. The second-order valence-electron chi connectivity index (χ2n) is 4.37. The molecule has 0 spiro atoms. The fourth-order valence-electron chi connectivity index (χ4n) is 1.39. The van der Waals surface area contributed by atoms with Crippen molar-refractivity contribution in [3.63, 3.8) is 0 Å². The molecule has 0 aromatic rings. The van der Waals surface area contributed by atoms with Gasteiger partial charge in [-0.15, -0.1) is 0 Å². The van der Waals surface area contributed by atoms with Gasteiger partial charge in [-0.05, 0) is 25.7 Å². The third-order valence-electron chi connectivity index (χ3n) is 2.47. The SMILES string of the molecule is CCCCCCC(=O)[O-].CCCCCCC(=O)[O-].[Cr+2]. The molecule has 5 heteroatoms. The van der Waals surface area contributed by atoms with Gasteiger partial charge in [0, 0.05) is 11.9 Å². The van der Waals surface area contributed by atoms with Crippen LogP contribution in [-0.2, 0) is 27.0 Å². The summed E-state index contributed by atoms with van der Waals surface area (Å²) in [4.78, 5) is 19.7. The van der Waals surface area contributed by atoms with E-state index in [0.717, 1.165) is 51.4 Å². The molecule has 0 aromatic carbocycles. The number of carboxylic acids is 2. The molecule has 112 valence electrons. The molecule has 19 heavy (non-hydrogen) atoms. The Morgan fingerprint density at radius 2 is 1.00 bits per heavy atom. The second-order valence-corrected chi connectivity index (χ2v) is 4.37. The fourth-order valence-corrected chi connectivity index (χ4v) is 1.39. The van der Waals surface area contributed by atoms with Gasteiger partial charge in [-0.3, -0.25) is 0 Å². The van der Waals surface area contributed by atoms with Crippen LogP contribution in [0.5, 0.6) is 0 Å². The Labute approximate surface area is 127 Å². The fraction of sp³-hybridized carbons (Fsp3) is 0.857. The number of hydrogen-bond acceptors (Lipinski definition) is 4. The van der Waals surface area contributed by atoms with Crippen molar-refractivity contribution >= 4 is 11.9 Å². The smallest absolute Gasteiger partial charge is 0.550 e. The Bertz CT molecular complexity index is 186. The van der Waals surface area contributed by atoms with Crippen molar-refractivity contribution in [2.24, 2.45) is 0 Å². The first-order chi connectivity index (χ1) is 8.54. The zero-order valence-electron chi connectivity index (χ0n) is 12.1. The minimum Gasteiger partial charge on any atom is -0.550 e. The molecule has 0 saturated heterocycles. The summed E-state index contributed by atoms with van der Waals surface area (Å²) in [5, 5.41) is 19.7. The van der Waals surface area contributed by atoms with Crippen LogP contribution in [0.25, 0.3) is 0 Å². The van der Waals surface area contributed by atoms with Crippen LogP contribution in [0.4, 0.5) is 0 Å². The molecule has 0 aromatic heterocycles. The molecule has 4 nitrogen and oxygen atoms in total. The minimum atomic E-state index is -0.925. The van der Waals surface area contributed by atoms with Crippen molar-refractivity contribution in [1.82, 2.24) is 0 Å². The van der Waals surface area contributed by atoms with Gasteiger partial charge in [-0.1, -0.05) is 52.4 Å². The van der Waals surface area contributed by atoms with Crippen molar-refractivity contribution in [2.75, 3.05) is 0 Å². The molecule has 0 aliphatic rings. The molecule has 0 heterocycles. The molecular formula is C14H26CrO4. The molecular weight excluding hydrogens is 284 g/mol. The topological polar surface area (TPSA) is 80.3 Å². The summed E-state index contributed by atoms with van der Waals surface area (Å²) in [6.45, 7) is 4.19. The molecule has 0 unspecified atom stereocenters. The Hall–Kier alpha value is -0.528. The predicted molar refractivity (Wildman–Crippen MR) is 67.5 cm³/mol. The van der Waals surface area contributed by atoms with Crippen LogP contribution in [-0.4, -0.2) is 11.9 Å².